The molecule has 0 radical (unpaired) electrons. The molecule has 0 aliphatic rings. The van der Waals surface area contributed by atoms with Crippen molar-refractivity contribution in [3.63, 3.8) is 0 Å². The monoisotopic (exact) mass is 879 g/mol. The van der Waals surface area contributed by atoms with Gasteiger partial charge in [0.2, 0.25) is 0 Å². The van der Waals surface area contributed by atoms with Gasteiger partial charge in [-0.05, 0) is 83.5 Å². The zero-order valence-corrected chi connectivity index (χ0v) is 41.3. The van der Waals surface area contributed by atoms with Crippen LogP contribution in [0.1, 0.15) is 252 Å². The number of carbonyl (C=O) groups is 3. The summed E-state index contributed by atoms with van der Waals surface area (Å²) in [5.41, 5.74) is 0. The predicted octanol–water partition coefficient (Wildman–Crippen LogP) is 17.4. The van der Waals surface area contributed by atoms with E-state index in [9.17, 15) is 14.4 Å². The molecule has 0 bridgehead atoms. The number of hydrogen-bond donors (Lipinski definition) is 0. The lowest BCUT2D eigenvalue weighted by Gasteiger charge is -2.18. The van der Waals surface area contributed by atoms with Gasteiger partial charge in [-0.15, -0.1) is 0 Å². The van der Waals surface area contributed by atoms with Crippen LogP contribution in [0.25, 0.3) is 0 Å². The Morgan fingerprint density at radius 1 is 0.333 bits per heavy atom. The van der Waals surface area contributed by atoms with Gasteiger partial charge in [-0.1, -0.05) is 222 Å². The lowest BCUT2D eigenvalue weighted by Crippen LogP contribution is -2.30. The van der Waals surface area contributed by atoms with E-state index < -0.39 is 6.10 Å². The lowest BCUT2D eigenvalue weighted by molar-refractivity contribution is -0.167. The van der Waals surface area contributed by atoms with Gasteiger partial charge in [-0.2, -0.15) is 0 Å². The third kappa shape index (κ3) is 49.7. The topological polar surface area (TPSA) is 78.9 Å². The van der Waals surface area contributed by atoms with Crippen LogP contribution in [-0.2, 0) is 28.6 Å². The standard InChI is InChI=1S/C57H98O6/c1-4-7-10-13-16-19-22-25-27-28-30-33-35-38-41-44-47-50-56(59)62-53-54(63-57(60)51-48-45-42-39-36-31-24-21-18-15-12-9-6-3)52-61-55(58)49-46-43-40-37-34-32-29-26-23-20-17-14-11-8-5-2/h7,10,16,19-20,23,25,27,30,33,38,41,54H,4-6,8-9,11-15,17-18,21-22,24,26,28-29,31-32,34-37,39-40,42-53H2,1-3H3/b10-7-,19-16-,23-20-,27-25-,33-30-,41-38-/t54-/m0/s1. The van der Waals surface area contributed by atoms with Gasteiger partial charge in [0, 0.05) is 19.3 Å². The number of rotatable bonds is 47. The molecule has 0 rings (SSSR count). The van der Waals surface area contributed by atoms with E-state index in [4.69, 9.17) is 14.2 Å². The first-order chi connectivity index (χ1) is 31.0. The van der Waals surface area contributed by atoms with Gasteiger partial charge in [-0.25, -0.2) is 0 Å². The van der Waals surface area contributed by atoms with Crippen LogP contribution in [-0.4, -0.2) is 37.2 Å². The molecule has 0 aliphatic carbocycles. The fourth-order valence-corrected chi connectivity index (χ4v) is 7.24. The van der Waals surface area contributed by atoms with Gasteiger partial charge in [0.15, 0.2) is 6.10 Å². The van der Waals surface area contributed by atoms with Crippen LogP contribution >= 0.6 is 0 Å². The maximum absolute atomic E-state index is 12.8. The minimum atomic E-state index is -0.797. The third-order valence-electron chi connectivity index (χ3n) is 11.2. The highest BCUT2D eigenvalue weighted by molar-refractivity contribution is 5.71. The number of esters is 3. The van der Waals surface area contributed by atoms with Crippen molar-refractivity contribution < 1.29 is 28.6 Å². The molecule has 0 unspecified atom stereocenters. The normalized spacial score (nSPS) is 12.6. The molecule has 6 nitrogen and oxygen atoms in total. The molecule has 0 fully saturated rings. The van der Waals surface area contributed by atoms with Gasteiger partial charge >= 0.3 is 17.9 Å². The Hall–Kier alpha value is -3.15. The second-order valence-electron chi connectivity index (χ2n) is 17.4. The van der Waals surface area contributed by atoms with Gasteiger partial charge < -0.3 is 14.2 Å². The van der Waals surface area contributed by atoms with Crippen molar-refractivity contribution in [3.05, 3.63) is 72.9 Å². The van der Waals surface area contributed by atoms with Crippen molar-refractivity contribution in [1.29, 1.82) is 0 Å². The van der Waals surface area contributed by atoms with Crippen LogP contribution in [0.4, 0.5) is 0 Å². The number of hydrogen-bond acceptors (Lipinski definition) is 6. The zero-order valence-electron chi connectivity index (χ0n) is 41.3. The number of unbranched alkanes of at least 4 members (excludes halogenated alkanes) is 24. The van der Waals surface area contributed by atoms with E-state index in [0.717, 1.165) is 77.0 Å². The molecule has 0 saturated carbocycles. The Kier molecular flexibility index (Phi) is 48.9. The van der Waals surface area contributed by atoms with Crippen LogP contribution in [0.2, 0.25) is 0 Å². The summed E-state index contributed by atoms with van der Waals surface area (Å²) in [6, 6.07) is 0. The van der Waals surface area contributed by atoms with Gasteiger partial charge in [-0.3, -0.25) is 14.4 Å². The molecule has 6 heteroatoms. The van der Waals surface area contributed by atoms with E-state index >= 15 is 0 Å². The first-order valence-electron chi connectivity index (χ1n) is 26.4. The van der Waals surface area contributed by atoms with Crippen molar-refractivity contribution in [2.75, 3.05) is 13.2 Å². The van der Waals surface area contributed by atoms with E-state index in [1.807, 2.05) is 0 Å². The largest absolute Gasteiger partial charge is 0.462 e. The third-order valence-corrected chi connectivity index (χ3v) is 11.2. The van der Waals surface area contributed by atoms with Gasteiger partial charge in [0.25, 0.3) is 0 Å². The van der Waals surface area contributed by atoms with Crippen LogP contribution in [0.15, 0.2) is 72.9 Å². The Bertz CT molecular complexity index is 1190. The molecular formula is C57H98O6. The summed E-state index contributed by atoms with van der Waals surface area (Å²) in [5.74, 6) is -0.954. The predicted molar refractivity (Wildman–Crippen MR) is 270 cm³/mol. The van der Waals surface area contributed by atoms with Gasteiger partial charge in [0.05, 0.1) is 0 Å². The minimum absolute atomic E-state index is 0.0936. The number of allylic oxidation sites excluding steroid dienone is 12. The molecule has 1 atom stereocenters. The van der Waals surface area contributed by atoms with Crippen molar-refractivity contribution in [2.24, 2.45) is 0 Å². The smallest absolute Gasteiger partial charge is 0.306 e. The highest BCUT2D eigenvalue weighted by Gasteiger charge is 2.19. The lowest BCUT2D eigenvalue weighted by atomic mass is 10.0. The van der Waals surface area contributed by atoms with Crippen molar-refractivity contribution in [3.8, 4) is 0 Å². The fourth-order valence-electron chi connectivity index (χ4n) is 7.24. The Labute approximate surface area is 389 Å². The van der Waals surface area contributed by atoms with E-state index in [-0.39, 0.29) is 37.5 Å². The molecule has 0 aliphatic heterocycles. The highest BCUT2D eigenvalue weighted by atomic mass is 16.6. The first kappa shape index (κ1) is 59.9. The Morgan fingerprint density at radius 2 is 0.635 bits per heavy atom. The van der Waals surface area contributed by atoms with E-state index in [1.165, 1.54) is 128 Å². The number of ether oxygens (including phenoxy) is 3. The molecule has 0 spiro atoms. The average molecular weight is 879 g/mol. The molecule has 0 aromatic heterocycles. The van der Waals surface area contributed by atoms with Crippen molar-refractivity contribution in [2.45, 2.75) is 258 Å². The summed E-state index contributed by atoms with van der Waals surface area (Å²) >= 11 is 0. The Morgan fingerprint density at radius 3 is 1.06 bits per heavy atom. The Balaban J connectivity index is 4.46. The zero-order chi connectivity index (χ0) is 45.8. The van der Waals surface area contributed by atoms with E-state index in [1.54, 1.807) is 0 Å². The van der Waals surface area contributed by atoms with Gasteiger partial charge in [0.1, 0.15) is 13.2 Å². The maximum Gasteiger partial charge on any atom is 0.306 e. The molecule has 0 saturated heterocycles. The van der Waals surface area contributed by atoms with Crippen LogP contribution < -0.4 is 0 Å². The van der Waals surface area contributed by atoms with Crippen LogP contribution in [0.3, 0.4) is 0 Å². The first-order valence-corrected chi connectivity index (χ1v) is 26.4. The second-order valence-corrected chi connectivity index (χ2v) is 17.4. The average Bonchev–Trinajstić information content (AvgIpc) is 3.28. The molecule has 0 aromatic carbocycles. The molecule has 0 N–H and O–H groups in total. The molecular weight excluding hydrogens is 781 g/mol. The molecule has 63 heavy (non-hydrogen) atoms. The van der Waals surface area contributed by atoms with Crippen LogP contribution in [0.5, 0.6) is 0 Å². The maximum atomic E-state index is 12.8. The summed E-state index contributed by atoms with van der Waals surface area (Å²) in [4.78, 5) is 38.0. The highest BCUT2D eigenvalue weighted by Crippen LogP contribution is 2.15. The summed E-state index contributed by atoms with van der Waals surface area (Å²) < 4.78 is 16.8. The SMILES string of the molecule is CC/C=C\C/C=C\C/C=C\C/C=C\C/C=C\CCCC(=O)OC[C@H](COC(=O)CCCCCCCCC/C=C\CCCCCC)OC(=O)CCCCCCCCCCCCCCC. The molecule has 0 amide bonds. The summed E-state index contributed by atoms with van der Waals surface area (Å²) in [5, 5.41) is 0. The fraction of sp³-hybridized carbons (Fsp3) is 0.737. The molecule has 0 heterocycles. The summed E-state index contributed by atoms with van der Waals surface area (Å²) in [6.45, 7) is 6.47. The summed E-state index contributed by atoms with van der Waals surface area (Å²) in [6.07, 6.45) is 64.6. The molecule has 0 aromatic rings. The molecule has 362 valence electrons. The van der Waals surface area contributed by atoms with Crippen LogP contribution in [0, 0.1) is 0 Å². The van der Waals surface area contributed by atoms with Crippen molar-refractivity contribution >= 4 is 17.9 Å². The second kappa shape index (κ2) is 51.5. The minimum Gasteiger partial charge on any atom is -0.462 e. The van der Waals surface area contributed by atoms with Crippen molar-refractivity contribution in [1.82, 2.24) is 0 Å². The number of carbonyl (C=O) groups excluding carboxylic acids is 3. The van der Waals surface area contributed by atoms with E-state index in [0.29, 0.717) is 19.3 Å². The van der Waals surface area contributed by atoms with E-state index in [2.05, 4.69) is 93.7 Å². The quantitative estimate of drug-likeness (QED) is 0.0262. The summed E-state index contributed by atoms with van der Waals surface area (Å²) in [7, 11) is 0.